The van der Waals surface area contributed by atoms with Crippen molar-refractivity contribution in [2.45, 2.75) is 38.5 Å². The van der Waals surface area contributed by atoms with Gasteiger partial charge in [-0.3, -0.25) is 19.7 Å². The van der Waals surface area contributed by atoms with Crippen LogP contribution in [0.1, 0.15) is 48.9 Å². The zero-order valence-electron chi connectivity index (χ0n) is 15.6. The normalized spacial score (nSPS) is 14.1. The summed E-state index contributed by atoms with van der Waals surface area (Å²) in [5.74, 6) is -1.22. The number of halogens is 1. The number of carbonyl (C=O) groups is 2. The SMILES string of the molecule is O=Cc1ccc(F)c(OCCCC(=O)N(CCO)CC2CCCC2)c1[N+](=O)[O-]. The first-order valence-electron chi connectivity index (χ1n) is 9.41. The van der Waals surface area contributed by atoms with Gasteiger partial charge in [-0.2, -0.15) is 0 Å². The number of hydrogen-bond donors (Lipinski definition) is 1. The summed E-state index contributed by atoms with van der Waals surface area (Å²) in [7, 11) is 0. The van der Waals surface area contributed by atoms with Gasteiger partial charge >= 0.3 is 5.69 Å². The number of amides is 1. The standard InChI is InChI=1S/C19H25FN2O6/c20-16-8-7-15(13-24)18(22(26)27)19(16)28-11-3-6-17(25)21(9-10-23)12-14-4-1-2-5-14/h7-8,13-14,23H,1-6,9-12H2. The summed E-state index contributed by atoms with van der Waals surface area (Å²) in [5.41, 5.74) is -0.993. The van der Waals surface area contributed by atoms with E-state index in [1.54, 1.807) is 4.90 Å². The number of aldehydes is 1. The molecule has 1 aliphatic carbocycles. The highest BCUT2D eigenvalue weighted by molar-refractivity contribution is 5.83. The van der Waals surface area contributed by atoms with Gasteiger partial charge in [-0.25, -0.2) is 4.39 Å². The van der Waals surface area contributed by atoms with Gasteiger partial charge in [0.25, 0.3) is 0 Å². The van der Waals surface area contributed by atoms with Crippen LogP contribution >= 0.6 is 0 Å². The molecule has 0 atom stereocenters. The molecule has 1 N–H and O–H groups in total. The Morgan fingerprint density at radius 2 is 2.11 bits per heavy atom. The number of aliphatic hydroxyl groups is 1. The second-order valence-corrected chi connectivity index (χ2v) is 6.86. The number of hydrogen-bond acceptors (Lipinski definition) is 6. The Kier molecular flexibility index (Phi) is 8.31. The lowest BCUT2D eigenvalue weighted by molar-refractivity contribution is -0.386. The van der Waals surface area contributed by atoms with Crippen molar-refractivity contribution in [3.05, 3.63) is 33.6 Å². The van der Waals surface area contributed by atoms with Crippen LogP contribution in [0.2, 0.25) is 0 Å². The highest BCUT2D eigenvalue weighted by Gasteiger charge is 2.25. The molecule has 1 saturated carbocycles. The van der Waals surface area contributed by atoms with E-state index in [1.807, 2.05) is 0 Å². The zero-order valence-corrected chi connectivity index (χ0v) is 15.6. The monoisotopic (exact) mass is 396 g/mol. The van der Waals surface area contributed by atoms with Gasteiger partial charge in [0.2, 0.25) is 11.7 Å². The van der Waals surface area contributed by atoms with Crippen LogP contribution < -0.4 is 4.74 Å². The Morgan fingerprint density at radius 1 is 1.39 bits per heavy atom. The smallest absolute Gasteiger partial charge is 0.324 e. The predicted octanol–water partition coefficient (Wildman–Crippen LogP) is 2.72. The lowest BCUT2D eigenvalue weighted by atomic mass is 10.1. The molecule has 154 valence electrons. The van der Waals surface area contributed by atoms with Crippen LogP contribution in [0.4, 0.5) is 10.1 Å². The Bertz CT molecular complexity index is 706. The summed E-state index contributed by atoms with van der Waals surface area (Å²) in [5, 5.41) is 20.3. The van der Waals surface area contributed by atoms with Gasteiger partial charge in [0.05, 0.1) is 23.7 Å². The number of rotatable bonds is 11. The summed E-state index contributed by atoms with van der Waals surface area (Å²) in [6.45, 7) is 0.645. The molecule has 1 aliphatic rings. The van der Waals surface area contributed by atoms with Crippen molar-refractivity contribution in [2.75, 3.05) is 26.3 Å². The first-order valence-corrected chi connectivity index (χ1v) is 9.41. The van der Waals surface area contributed by atoms with Crippen molar-refractivity contribution < 1.29 is 28.7 Å². The summed E-state index contributed by atoms with van der Waals surface area (Å²) in [4.78, 5) is 35.2. The van der Waals surface area contributed by atoms with Crippen LogP contribution in [-0.2, 0) is 4.79 Å². The van der Waals surface area contributed by atoms with Gasteiger partial charge in [0, 0.05) is 19.5 Å². The molecule has 1 amide bonds. The van der Waals surface area contributed by atoms with Gasteiger partial charge in [-0.05, 0) is 37.3 Å². The molecule has 0 aliphatic heterocycles. The fourth-order valence-corrected chi connectivity index (χ4v) is 3.48. The molecule has 1 aromatic rings. The van der Waals surface area contributed by atoms with Crippen molar-refractivity contribution in [3.8, 4) is 5.75 Å². The third-order valence-electron chi connectivity index (χ3n) is 4.88. The Balaban J connectivity index is 1.91. The van der Waals surface area contributed by atoms with Gasteiger partial charge in [0.1, 0.15) is 0 Å². The molecule has 9 heteroatoms. The van der Waals surface area contributed by atoms with E-state index in [-0.39, 0.29) is 50.4 Å². The van der Waals surface area contributed by atoms with Crippen molar-refractivity contribution >= 4 is 17.9 Å². The maximum absolute atomic E-state index is 13.9. The fraction of sp³-hybridized carbons (Fsp3) is 0.579. The molecule has 2 rings (SSSR count). The topological polar surface area (TPSA) is 110 Å². The van der Waals surface area contributed by atoms with Gasteiger partial charge in [-0.15, -0.1) is 0 Å². The molecule has 1 fully saturated rings. The van der Waals surface area contributed by atoms with Crippen LogP contribution in [0.15, 0.2) is 12.1 Å². The molecule has 0 saturated heterocycles. The van der Waals surface area contributed by atoms with E-state index < -0.39 is 22.2 Å². The summed E-state index contributed by atoms with van der Waals surface area (Å²) in [6.07, 6.45) is 5.09. The molecule has 28 heavy (non-hydrogen) atoms. The van der Waals surface area contributed by atoms with E-state index >= 15 is 0 Å². The third kappa shape index (κ3) is 5.72. The van der Waals surface area contributed by atoms with E-state index in [1.165, 1.54) is 0 Å². The summed E-state index contributed by atoms with van der Waals surface area (Å²) in [6, 6.07) is 1.95. The number of carbonyl (C=O) groups excluding carboxylic acids is 2. The Labute approximate surface area is 162 Å². The third-order valence-corrected chi connectivity index (χ3v) is 4.88. The maximum Gasteiger partial charge on any atom is 0.324 e. The lowest BCUT2D eigenvalue weighted by Crippen LogP contribution is -2.37. The van der Waals surface area contributed by atoms with E-state index in [4.69, 9.17) is 4.74 Å². The van der Waals surface area contributed by atoms with Crippen LogP contribution in [0, 0.1) is 21.8 Å². The van der Waals surface area contributed by atoms with E-state index in [0.29, 0.717) is 12.5 Å². The zero-order chi connectivity index (χ0) is 20.5. The van der Waals surface area contributed by atoms with Crippen LogP contribution in [0.3, 0.4) is 0 Å². The van der Waals surface area contributed by atoms with Gasteiger partial charge in [-0.1, -0.05) is 12.8 Å². The minimum Gasteiger partial charge on any atom is -0.485 e. The minimum absolute atomic E-state index is 0.109. The largest absolute Gasteiger partial charge is 0.485 e. The molecule has 1 aromatic carbocycles. The Morgan fingerprint density at radius 3 is 2.71 bits per heavy atom. The van der Waals surface area contributed by atoms with Gasteiger partial charge in [0.15, 0.2) is 12.1 Å². The maximum atomic E-state index is 13.9. The number of ether oxygens (including phenoxy) is 1. The molecule has 0 aromatic heterocycles. The predicted molar refractivity (Wildman–Crippen MR) is 98.8 cm³/mol. The van der Waals surface area contributed by atoms with Crippen molar-refractivity contribution in [3.63, 3.8) is 0 Å². The number of benzene rings is 1. The highest BCUT2D eigenvalue weighted by Crippen LogP contribution is 2.33. The van der Waals surface area contributed by atoms with E-state index in [0.717, 1.165) is 37.8 Å². The number of nitrogens with zero attached hydrogens (tertiary/aromatic N) is 2. The van der Waals surface area contributed by atoms with Crippen molar-refractivity contribution in [1.29, 1.82) is 0 Å². The lowest BCUT2D eigenvalue weighted by Gasteiger charge is -2.25. The van der Waals surface area contributed by atoms with Crippen LogP contribution in [-0.4, -0.2) is 53.4 Å². The average Bonchev–Trinajstić information content (AvgIpc) is 3.18. The Hall–Kier alpha value is -2.55. The summed E-state index contributed by atoms with van der Waals surface area (Å²) >= 11 is 0. The van der Waals surface area contributed by atoms with E-state index in [2.05, 4.69) is 0 Å². The van der Waals surface area contributed by atoms with Crippen molar-refractivity contribution in [1.82, 2.24) is 4.90 Å². The molecule has 8 nitrogen and oxygen atoms in total. The second kappa shape index (κ2) is 10.7. The first-order chi connectivity index (χ1) is 13.5. The van der Waals surface area contributed by atoms with Crippen LogP contribution in [0.25, 0.3) is 0 Å². The minimum atomic E-state index is -0.938. The number of nitro benzene ring substituents is 1. The van der Waals surface area contributed by atoms with Gasteiger partial charge < -0.3 is 14.7 Å². The number of aliphatic hydroxyl groups excluding tert-OH is 1. The molecule has 0 heterocycles. The van der Waals surface area contributed by atoms with E-state index in [9.17, 15) is 29.2 Å². The van der Waals surface area contributed by atoms with Crippen molar-refractivity contribution in [2.24, 2.45) is 5.92 Å². The average molecular weight is 396 g/mol. The van der Waals surface area contributed by atoms with Crippen LogP contribution in [0.5, 0.6) is 5.75 Å². The quantitative estimate of drug-likeness (QED) is 0.267. The number of nitro groups is 1. The summed E-state index contributed by atoms with van der Waals surface area (Å²) < 4.78 is 19.1. The molecular formula is C19H25FN2O6. The molecule has 0 radical (unpaired) electrons. The molecule has 0 bridgehead atoms. The molecular weight excluding hydrogens is 371 g/mol. The second-order valence-electron chi connectivity index (χ2n) is 6.86. The first kappa shape index (κ1) is 21.7. The molecule has 0 unspecified atom stereocenters. The molecule has 0 spiro atoms. The highest BCUT2D eigenvalue weighted by atomic mass is 19.1. The fourth-order valence-electron chi connectivity index (χ4n) is 3.48.